The Morgan fingerprint density at radius 2 is 2.17 bits per heavy atom. The van der Waals surface area contributed by atoms with Crippen molar-refractivity contribution in [2.45, 2.75) is 45.6 Å². The molecular weight excluding hydrogens is 331 g/mol. The minimum absolute atomic E-state index is 0.0468. The smallest absolute Gasteiger partial charge is 0.227 e. The number of hydrogen-bond acceptors (Lipinski definition) is 3. The van der Waals surface area contributed by atoms with Gasteiger partial charge < -0.3 is 9.32 Å². The normalized spacial score (nSPS) is 14.6. The summed E-state index contributed by atoms with van der Waals surface area (Å²) in [6, 6.07) is 4.10. The van der Waals surface area contributed by atoms with E-state index in [1.54, 1.807) is 11.0 Å². The number of oxazole rings is 1. The first-order chi connectivity index (χ1) is 11.2. The van der Waals surface area contributed by atoms with Gasteiger partial charge in [-0.25, -0.2) is 9.37 Å². The lowest BCUT2D eigenvalue weighted by atomic mass is 9.97. The van der Waals surface area contributed by atoms with E-state index in [2.05, 4.69) is 4.98 Å². The van der Waals surface area contributed by atoms with Gasteiger partial charge in [0.25, 0.3) is 0 Å². The minimum Gasteiger partial charge on any atom is -0.445 e. The fourth-order valence-corrected chi connectivity index (χ4v) is 2.91. The van der Waals surface area contributed by atoms with E-state index in [0.717, 1.165) is 11.5 Å². The molecular formula is C18H20ClFN2O2. The summed E-state index contributed by atoms with van der Waals surface area (Å²) in [6.45, 7) is 7.16. The number of rotatable bonds is 2. The van der Waals surface area contributed by atoms with Crippen LogP contribution in [0.4, 0.5) is 4.39 Å². The third-order valence-electron chi connectivity index (χ3n) is 4.08. The Labute approximate surface area is 145 Å². The maximum Gasteiger partial charge on any atom is 0.227 e. The summed E-state index contributed by atoms with van der Waals surface area (Å²) in [5.74, 6) is 1.11. The molecule has 1 aliphatic heterocycles. The summed E-state index contributed by atoms with van der Waals surface area (Å²) in [5.41, 5.74) is 1.29. The lowest BCUT2D eigenvalue weighted by Gasteiger charge is -2.25. The predicted molar refractivity (Wildman–Crippen MR) is 89.4 cm³/mol. The first-order valence-electron chi connectivity index (χ1n) is 7.95. The fourth-order valence-electron chi connectivity index (χ4n) is 2.67. The Kier molecular flexibility index (Phi) is 4.38. The van der Waals surface area contributed by atoms with Gasteiger partial charge in [0.15, 0.2) is 5.89 Å². The predicted octanol–water partition coefficient (Wildman–Crippen LogP) is 3.89. The SMILES string of the molecule is CC(C)(C)c1nc2c(o1)CCN(C(=O)Cc1ccc(F)cc1Cl)C2. The molecule has 1 aliphatic rings. The van der Waals surface area contributed by atoms with Crippen molar-refractivity contribution in [1.82, 2.24) is 9.88 Å². The number of benzene rings is 1. The second-order valence-electron chi connectivity index (χ2n) is 7.12. The van der Waals surface area contributed by atoms with Crippen molar-refractivity contribution in [3.63, 3.8) is 0 Å². The molecule has 1 amide bonds. The molecule has 0 radical (unpaired) electrons. The molecule has 2 aromatic rings. The van der Waals surface area contributed by atoms with Crippen LogP contribution >= 0.6 is 11.6 Å². The molecule has 2 heterocycles. The second kappa shape index (κ2) is 6.20. The van der Waals surface area contributed by atoms with Crippen LogP contribution in [0.3, 0.4) is 0 Å². The molecule has 0 saturated heterocycles. The van der Waals surface area contributed by atoms with Gasteiger partial charge in [-0.15, -0.1) is 0 Å². The topological polar surface area (TPSA) is 46.3 Å². The highest BCUT2D eigenvalue weighted by atomic mass is 35.5. The number of carbonyl (C=O) groups is 1. The molecule has 6 heteroatoms. The molecule has 24 heavy (non-hydrogen) atoms. The highest BCUT2D eigenvalue weighted by molar-refractivity contribution is 6.31. The molecule has 4 nitrogen and oxygen atoms in total. The van der Waals surface area contributed by atoms with Gasteiger partial charge in [0, 0.05) is 23.4 Å². The minimum atomic E-state index is -0.406. The molecule has 3 rings (SSSR count). The Morgan fingerprint density at radius 1 is 1.42 bits per heavy atom. The van der Waals surface area contributed by atoms with E-state index in [0.29, 0.717) is 31.0 Å². The zero-order chi connectivity index (χ0) is 17.5. The van der Waals surface area contributed by atoms with E-state index in [9.17, 15) is 9.18 Å². The van der Waals surface area contributed by atoms with Crippen molar-refractivity contribution in [1.29, 1.82) is 0 Å². The Morgan fingerprint density at radius 3 is 2.83 bits per heavy atom. The summed E-state index contributed by atoms with van der Waals surface area (Å²) in [7, 11) is 0. The summed E-state index contributed by atoms with van der Waals surface area (Å²) in [4.78, 5) is 18.8. The highest BCUT2D eigenvalue weighted by Crippen LogP contribution is 2.28. The van der Waals surface area contributed by atoms with Gasteiger partial charge in [-0.05, 0) is 17.7 Å². The number of nitrogens with zero attached hydrogens (tertiary/aromatic N) is 2. The van der Waals surface area contributed by atoms with Crippen molar-refractivity contribution in [2.75, 3.05) is 6.54 Å². The molecule has 1 aromatic carbocycles. The van der Waals surface area contributed by atoms with Crippen LogP contribution in [-0.2, 0) is 29.6 Å². The van der Waals surface area contributed by atoms with Crippen molar-refractivity contribution in [2.24, 2.45) is 0 Å². The molecule has 0 N–H and O–H groups in total. The summed E-state index contributed by atoms with van der Waals surface area (Å²) < 4.78 is 18.9. The summed E-state index contributed by atoms with van der Waals surface area (Å²) in [6.07, 6.45) is 0.805. The van der Waals surface area contributed by atoms with Gasteiger partial charge in [0.2, 0.25) is 5.91 Å². The monoisotopic (exact) mass is 350 g/mol. The number of hydrogen-bond donors (Lipinski definition) is 0. The third-order valence-corrected chi connectivity index (χ3v) is 4.43. The standard InChI is InChI=1S/C18H20ClFN2O2/c1-18(2,3)17-21-14-10-22(7-6-15(14)24-17)16(23)8-11-4-5-12(20)9-13(11)19/h4-5,9H,6-8,10H2,1-3H3. The van der Waals surface area contributed by atoms with E-state index in [1.807, 2.05) is 20.8 Å². The number of aromatic nitrogens is 1. The average molecular weight is 351 g/mol. The quantitative estimate of drug-likeness (QED) is 0.825. The maximum absolute atomic E-state index is 13.1. The number of halogens is 2. The fraction of sp³-hybridized carbons (Fsp3) is 0.444. The molecule has 0 bridgehead atoms. The number of fused-ring (bicyclic) bond motifs is 1. The van der Waals surface area contributed by atoms with Crippen LogP contribution in [0.5, 0.6) is 0 Å². The zero-order valence-corrected chi connectivity index (χ0v) is 14.8. The Hall–Kier alpha value is -1.88. The van der Waals surface area contributed by atoms with Gasteiger partial charge in [-0.2, -0.15) is 0 Å². The van der Waals surface area contributed by atoms with Crippen LogP contribution in [0.2, 0.25) is 5.02 Å². The lowest BCUT2D eigenvalue weighted by molar-refractivity contribution is -0.131. The largest absolute Gasteiger partial charge is 0.445 e. The molecule has 0 fully saturated rings. The van der Waals surface area contributed by atoms with Gasteiger partial charge in [-0.3, -0.25) is 4.79 Å². The molecule has 1 aromatic heterocycles. The Bertz CT molecular complexity index is 780. The van der Waals surface area contributed by atoms with Crippen molar-refractivity contribution < 1.29 is 13.6 Å². The van der Waals surface area contributed by atoms with Crippen LogP contribution in [-0.4, -0.2) is 22.3 Å². The van der Waals surface area contributed by atoms with Crippen molar-refractivity contribution in [3.05, 3.63) is 51.9 Å². The van der Waals surface area contributed by atoms with Crippen LogP contribution < -0.4 is 0 Å². The van der Waals surface area contributed by atoms with Crippen LogP contribution in [0.25, 0.3) is 0 Å². The highest BCUT2D eigenvalue weighted by Gasteiger charge is 2.29. The van der Waals surface area contributed by atoms with Gasteiger partial charge in [0.05, 0.1) is 13.0 Å². The van der Waals surface area contributed by atoms with Crippen LogP contribution in [0, 0.1) is 5.82 Å². The van der Waals surface area contributed by atoms with Gasteiger partial charge >= 0.3 is 0 Å². The Balaban J connectivity index is 1.73. The molecule has 128 valence electrons. The number of amides is 1. The van der Waals surface area contributed by atoms with E-state index in [4.69, 9.17) is 16.0 Å². The van der Waals surface area contributed by atoms with Crippen molar-refractivity contribution >= 4 is 17.5 Å². The van der Waals surface area contributed by atoms with Crippen molar-refractivity contribution in [3.8, 4) is 0 Å². The zero-order valence-electron chi connectivity index (χ0n) is 14.0. The van der Waals surface area contributed by atoms with E-state index in [1.165, 1.54) is 12.1 Å². The van der Waals surface area contributed by atoms with Crippen LogP contribution in [0.15, 0.2) is 22.6 Å². The van der Waals surface area contributed by atoms with Gasteiger partial charge in [-0.1, -0.05) is 38.4 Å². The molecule has 0 unspecified atom stereocenters. The van der Waals surface area contributed by atoms with Crippen LogP contribution in [0.1, 0.15) is 43.7 Å². The van der Waals surface area contributed by atoms with Gasteiger partial charge in [0.1, 0.15) is 17.3 Å². The van der Waals surface area contributed by atoms with E-state index < -0.39 is 5.82 Å². The summed E-state index contributed by atoms with van der Waals surface area (Å²) >= 11 is 6.01. The number of carbonyl (C=O) groups excluding carboxylic acids is 1. The maximum atomic E-state index is 13.1. The molecule has 0 aliphatic carbocycles. The first-order valence-corrected chi connectivity index (χ1v) is 8.32. The first kappa shape index (κ1) is 17.0. The van der Waals surface area contributed by atoms with E-state index in [-0.39, 0.29) is 22.8 Å². The lowest BCUT2D eigenvalue weighted by Crippen LogP contribution is -2.36. The third kappa shape index (κ3) is 3.46. The van der Waals surface area contributed by atoms with E-state index >= 15 is 0 Å². The molecule has 0 spiro atoms. The average Bonchev–Trinajstić information content (AvgIpc) is 2.93. The molecule has 0 atom stereocenters. The molecule has 0 saturated carbocycles. The second-order valence-corrected chi connectivity index (χ2v) is 7.52. The summed E-state index contributed by atoms with van der Waals surface area (Å²) in [5, 5.41) is 0.275.